The summed E-state index contributed by atoms with van der Waals surface area (Å²) in [4.78, 5) is 14.8. The van der Waals surface area contributed by atoms with Gasteiger partial charge in [-0.25, -0.2) is 0 Å². The smallest absolute Gasteiger partial charge is 0.204 e. The van der Waals surface area contributed by atoms with Crippen LogP contribution >= 0.6 is 11.3 Å². The van der Waals surface area contributed by atoms with Crippen molar-refractivity contribution < 1.29 is 9.53 Å². The second kappa shape index (κ2) is 5.98. The first kappa shape index (κ1) is 13.8. The summed E-state index contributed by atoms with van der Waals surface area (Å²) in [5, 5.41) is 0. The van der Waals surface area contributed by atoms with Crippen LogP contribution in [0, 0.1) is 6.92 Å². The monoisotopic (exact) mass is 266 g/mol. The molecule has 18 heavy (non-hydrogen) atoms. The Morgan fingerprint density at radius 1 is 1.28 bits per heavy atom. The van der Waals surface area contributed by atoms with Crippen molar-refractivity contribution >= 4 is 17.1 Å². The third-order valence-corrected chi connectivity index (χ3v) is 4.71. The quantitative estimate of drug-likeness (QED) is 0.597. The lowest BCUT2D eigenvalue weighted by Gasteiger charge is -2.30. The number of Topliss-reactive ketones (excluding diaryl/α,β-unsaturated/α-hetero) is 1. The highest BCUT2D eigenvalue weighted by molar-refractivity contribution is 7.14. The zero-order valence-electron chi connectivity index (χ0n) is 11.3. The highest BCUT2D eigenvalue weighted by Crippen LogP contribution is 2.35. The summed E-state index contributed by atoms with van der Waals surface area (Å²) in [5.74, 6) is 0.212. The average molecular weight is 266 g/mol. The molecule has 1 saturated carbocycles. The average Bonchev–Trinajstić information content (AvgIpc) is 2.64. The standard InChI is InChI=1S/C15H22O2S/c1-3-17-15(10-6-4-5-7-11-15)14(16)13-9-8-12(2)18-13/h8-9H,3-7,10-11H2,1-2H3. The van der Waals surface area contributed by atoms with Gasteiger partial charge in [-0.15, -0.1) is 11.3 Å². The van der Waals surface area contributed by atoms with E-state index < -0.39 is 5.60 Å². The number of thiophene rings is 1. The number of hydrogen-bond acceptors (Lipinski definition) is 3. The molecule has 0 aromatic carbocycles. The van der Waals surface area contributed by atoms with Crippen LogP contribution in [0.2, 0.25) is 0 Å². The molecule has 0 unspecified atom stereocenters. The molecule has 0 amide bonds. The van der Waals surface area contributed by atoms with Crippen molar-refractivity contribution in [3.63, 3.8) is 0 Å². The molecule has 0 bridgehead atoms. The van der Waals surface area contributed by atoms with Crippen LogP contribution in [0.3, 0.4) is 0 Å². The van der Waals surface area contributed by atoms with Crippen molar-refractivity contribution in [3.8, 4) is 0 Å². The number of ketones is 1. The minimum absolute atomic E-state index is 0.212. The second-order valence-corrected chi connectivity index (χ2v) is 6.37. The summed E-state index contributed by atoms with van der Waals surface area (Å²) in [7, 11) is 0. The number of ether oxygens (including phenoxy) is 1. The molecule has 1 aliphatic carbocycles. The molecular formula is C15H22O2S. The fourth-order valence-electron chi connectivity index (χ4n) is 2.79. The summed E-state index contributed by atoms with van der Waals surface area (Å²) >= 11 is 1.59. The van der Waals surface area contributed by atoms with E-state index in [4.69, 9.17) is 4.74 Å². The van der Waals surface area contributed by atoms with Gasteiger partial charge >= 0.3 is 0 Å². The maximum atomic E-state index is 12.8. The maximum absolute atomic E-state index is 12.8. The lowest BCUT2D eigenvalue weighted by Crippen LogP contribution is -2.41. The molecule has 0 spiro atoms. The van der Waals surface area contributed by atoms with Crippen LogP contribution in [-0.4, -0.2) is 18.0 Å². The van der Waals surface area contributed by atoms with E-state index in [1.165, 1.54) is 17.7 Å². The molecular weight excluding hydrogens is 244 g/mol. The molecule has 100 valence electrons. The topological polar surface area (TPSA) is 26.3 Å². The fourth-order valence-corrected chi connectivity index (χ4v) is 3.69. The van der Waals surface area contributed by atoms with Crippen LogP contribution in [-0.2, 0) is 4.74 Å². The Morgan fingerprint density at radius 3 is 2.44 bits per heavy atom. The first-order valence-electron chi connectivity index (χ1n) is 6.93. The Labute approximate surface area is 113 Å². The van der Waals surface area contributed by atoms with E-state index in [1.807, 2.05) is 26.0 Å². The van der Waals surface area contributed by atoms with Crippen LogP contribution < -0.4 is 0 Å². The molecule has 0 aliphatic heterocycles. The van der Waals surface area contributed by atoms with Gasteiger partial charge in [0.05, 0.1) is 4.88 Å². The Balaban J connectivity index is 2.25. The van der Waals surface area contributed by atoms with Gasteiger partial charge in [-0.2, -0.15) is 0 Å². The van der Waals surface area contributed by atoms with Gasteiger partial charge < -0.3 is 4.74 Å². The Bertz CT molecular complexity index is 400. The van der Waals surface area contributed by atoms with Gasteiger partial charge in [0.1, 0.15) is 5.60 Å². The van der Waals surface area contributed by atoms with Gasteiger partial charge in [0.15, 0.2) is 0 Å². The van der Waals surface area contributed by atoms with Gasteiger partial charge in [-0.3, -0.25) is 4.79 Å². The Kier molecular flexibility index (Phi) is 4.57. The molecule has 0 atom stereocenters. The van der Waals surface area contributed by atoms with Gasteiger partial charge in [-0.05, 0) is 38.8 Å². The molecule has 1 aliphatic rings. The van der Waals surface area contributed by atoms with Gasteiger partial charge in [0, 0.05) is 11.5 Å². The molecule has 2 rings (SSSR count). The zero-order valence-corrected chi connectivity index (χ0v) is 12.1. The van der Waals surface area contributed by atoms with E-state index in [0.29, 0.717) is 6.61 Å². The summed E-state index contributed by atoms with van der Waals surface area (Å²) in [6.45, 7) is 4.65. The third-order valence-electron chi connectivity index (χ3n) is 3.71. The van der Waals surface area contributed by atoms with Gasteiger partial charge in [-0.1, -0.05) is 25.7 Å². The lowest BCUT2D eigenvalue weighted by molar-refractivity contribution is -0.0289. The zero-order chi connectivity index (χ0) is 13.0. The maximum Gasteiger partial charge on any atom is 0.204 e. The Morgan fingerprint density at radius 2 is 1.94 bits per heavy atom. The van der Waals surface area contributed by atoms with E-state index in [9.17, 15) is 4.79 Å². The summed E-state index contributed by atoms with van der Waals surface area (Å²) < 4.78 is 5.93. The summed E-state index contributed by atoms with van der Waals surface area (Å²) in [6, 6.07) is 3.97. The minimum Gasteiger partial charge on any atom is -0.367 e. The molecule has 0 N–H and O–H groups in total. The number of hydrogen-bond donors (Lipinski definition) is 0. The van der Waals surface area contributed by atoms with Crippen LogP contribution in [0.1, 0.15) is 60.0 Å². The van der Waals surface area contributed by atoms with Crippen LogP contribution in [0.4, 0.5) is 0 Å². The van der Waals surface area contributed by atoms with Crippen molar-refractivity contribution in [1.29, 1.82) is 0 Å². The van der Waals surface area contributed by atoms with Crippen molar-refractivity contribution in [1.82, 2.24) is 0 Å². The number of rotatable bonds is 4. The highest BCUT2D eigenvalue weighted by atomic mass is 32.1. The molecule has 1 aromatic heterocycles. The SMILES string of the molecule is CCOC1(C(=O)c2ccc(C)s2)CCCCCC1. The predicted octanol–water partition coefficient (Wildman–Crippen LogP) is 4.37. The van der Waals surface area contributed by atoms with E-state index in [2.05, 4.69) is 0 Å². The van der Waals surface area contributed by atoms with E-state index in [1.54, 1.807) is 11.3 Å². The molecule has 1 heterocycles. The van der Waals surface area contributed by atoms with Crippen LogP contribution in [0.15, 0.2) is 12.1 Å². The first-order chi connectivity index (χ1) is 8.68. The van der Waals surface area contributed by atoms with E-state index in [0.717, 1.165) is 30.6 Å². The van der Waals surface area contributed by atoms with Crippen molar-refractivity contribution in [3.05, 3.63) is 21.9 Å². The highest BCUT2D eigenvalue weighted by Gasteiger charge is 2.40. The van der Waals surface area contributed by atoms with Crippen molar-refractivity contribution in [2.75, 3.05) is 6.61 Å². The first-order valence-corrected chi connectivity index (χ1v) is 7.75. The molecule has 1 aromatic rings. The van der Waals surface area contributed by atoms with Gasteiger partial charge in [0.2, 0.25) is 5.78 Å². The lowest BCUT2D eigenvalue weighted by atomic mass is 9.88. The molecule has 3 heteroatoms. The summed E-state index contributed by atoms with van der Waals surface area (Å²) in [6.07, 6.45) is 6.44. The third kappa shape index (κ3) is 2.83. The van der Waals surface area contributed by atoms with E-state index in [-0.39, 0.29) is 5.78 Å². The van der Waals surface area contributed by atoms with E-state index >= 15 is 0 Å². The normalized spacial score (nSPS) is 19.4. The second-order valence-electron chi connectivity index (χ2n) is 5.08. The molecule has 2 nitrogen and oxygen atoms in total. The number of carbonyl (C=O) groups excluding carboxylic acids is 1. The van der Waals surface area contributed by atoms with Crippen molar-refractivity contribution in [2.45, 2.75) is 58.0 Å². The number of carbonyl (C=O) groups is 1. The molecule has 0 radical (unpaired) electrons. The predicted molar refractivity (Wildman–Crippen MR) is 75.4 cm³/mol. The molecule has 0 saturated heterocycles. The largest absolute Gasteiger partial charge is 0.367 e. The minimum atomic E-state index is -0.539. The van der Waals surface area contributed by atoms with Gasteiger partial charge in [0.25, 0.3) is 0 Å². The van der Waals surface area contributed by atoms with Crippen LogP contribution in [0.25, 0.3) is 0 Å². The Hall–Kier alpha value is -0.670. The fraction of sp³-hybridized carbons (Fsp3) is 0.667. The van der Waals surface area contributed by atoms with Crippen molar-refractivity contribution in [2.24, 2.45) is 0 Å². The molecule has 1 fully saturated rings. The summed E-state index contributed by atoms with van der Waals surface area (Å²) in [5.41, 5.74) is -0.539. The van der Waals surface area contributed by atoms with Crippen LogP contribution in [0.5, 0.6) is 0 Å². The number of aryl methyl sites for hydroxylation is 1.